The first-order chi connectivity index (χ1) is 12.2. The molecule has 0 atom stereocenters. The number of ether oxygens (including phenoxy) is 1. The molecule has 1 aliphatic carbocycles. The van der Waals surface area contributed by atoms with Crippen molar-refractivity contribution in [2.24, 2.45) is 0 Å². The summed E-state index contributed by atoms with van der Waals surface area (Å²) in [7, 11) is 0. The van der Waals surface area contributed by atoms with Crippen molar-refractivity contribution in [3.63, 3.8) is 0 Å². The van der Waals surface area contributed by atoms with Gasteiger partial charge in [0.15, 0.2) is 0 Å². The number of thioether (sulfide) groups is 1. The summed E-state index contributed by atoms with van der Waals surface area (Å²) in [6, 6.07) is 16.8. The normalized spacial score (nSPS) is 17.3. The van der Waals surface area contributed by atoms with E-state index in [1.807, 2.05) is 6.07 Å². The molecule has 0 aromatic heterocycles. The molecule has 25 heavy (non-hydrogen) atoms. The SMILES string of the molecule is CC(C)c1ccc2c(c1)SC1=C(C=C/C1=C\C=C\c1ccccc1)O2. The monoisotopic (exact) mass is 344 g/mol. The van der Waals surface area contributed by atoms with Gasteiger partial charge in [-0.1, -0.05) is 80.2 Å². The van der Waals surface area contributed by atoms with E-state index in [1.54, 1.807) is 11.8 Å². The quantitative estimate of drug-likeness (QED) is 0.611. The number of fused-ring (bicyclic) bond motifs is 1. The van der Waals surface area contributed by atoms with Gasteiger partial charge in [-0.3, -0.25) is 0 Å². The van der Waals surface area contributed by atoms with Gasteiger partial charge in [-0.2, -0.15) is 0 Å². The van der Waals surface area contributed by atoms with Crippen LogP contribution in [0.4, 0.5) is 0 Å². The van der Waals surface area contributed by atoms with Crippen LogP contribution in [-0.2, 0) is 0 Å². The van der Waals surface area contributed by atoms with E-state index in [1.165, 1.54) is 26.5 Å². The molecule has 0 saturated carbocycles. The zero-order valence-electron chi connectivity index (χ0n) is 14.4. The summed E-state index contributed by atoms with van der Waals surface area (Å²) in [5.41, 5.74) is 3.75. The summed E-state index contributed by atoms with van der Waals surface area (Å²) in [5.74, 6) is 2.43. The molecule has 0 fully saturated rings. The number of allylic oxidation sites excluding steroid dienone is 5. The average Bonchev–Trinajstić information content (AvgIpc) is 3.02. The van der Waals surface area contributed by atoms with Gasteiger partial charge in [0.2, 0.25) is 0 Å². The number of benzene rings is 2. The Labute approximate surface area is 153 Å². The third-order valence-corrected chi connectivity index (χ3v) is 5.51. The topological polar surface area (TPSA) is 9.23 Å². The number of hydrogen-bond donors (Lipinski definition) is 0. The molecule has 2 heteroatoms. The molecule has 0 spiro atoms. The Morgan fingerprint density at radius 1 is 1.00 bits per heavy atom. The van der Waals surface area contributed by atoms with Gasteiger partial charge in [0.05, 0.1) is 9.80 Å². The lowest BCUT2D eigenvalue weighted by Crippen LogP contribution is -2.01. The van der Waals surface area contributed by atoms with Crippen molar-refractivity contribution in [1.29, 1.82) is 0 Å². The Balaban J connectivity index is 1.58. The standard InChI is InChI=1S/C23H20OS/c1-16(2)19-12-13-20-22(15-19)25-23-18(11-14-21(23)24-20)10-6-9-17-7-4-3-5-8-17/h3-16H,1-2H3/b9-6+,18-10+. The minimum Gasteiger partial charge on any atom is -0.455 e. The molecule has 0 bridgehead atoms. The maximum atomic E-state index is 6.09. The van der Waals surface area contributed by atoms with Gasteiger partial charge in [0.1, 0.15) is 11.5 Å². The average molecular weight is 344 g/mol. The van der Waals surface area contributed by atoms with E-state index in [-0.39, 0.29) is 0 Å². The van der Waals surface area contributed by atoms with E-state index in [4.69, 9.17) is 4.74 Å². The van der Waals surface area contributed by atoms with Crippen molar-refractivity contribution in [3.05, 3.63) is 100 Å². The summed E-state index contributed by atoms with van der Waals surface area (Å²) in [6.45, 7) is 4.44. The lowest BCUT2D eigenvalue weighted by Gasteiger charge is -2.20. The molecule has 2 aromatic rings. The third-order valence-electron chi connectivity index (χ3n) is 4.33. The minimum atomic E-state index is 0.520. The highest BCUT2D eigenvalue weighted by Gasteiger charge is 2.24. The van der Waals surface area contributed by atoms with Gasteiger partial charge in [0, 0.05) is 0 Å². The van der Waals surface area contributed by atoms with Crippen molar-refractivity contribution in [2.75, 3.05) is 0 Å². The second-order valence-corrected chi connectivity index (χ2v) is 7.54. The van der Waals surface area contributed by atoms with Crippen LogP contribution >= 0.6 is 11.8 Å². The Kier molecular flexibility index (Phi) is 4.37. The summed E-state index contributed by atoms with van der Waals surface area (Å²) in [4.78, 5) is 2.40. The van der Waals surface area contributed by atoms with Crippen LogP contribution in [0.15, 0.2) is 94.0 Å². The van der Waals surface area contributed by atoms with Crippen molar-refractivity contribution >= 4 is 17.8 Å². The molecule has 4 rings (SSSR count). The van der Waals surface area contributed by atoms with Crippen LogP contribution in [0.3, 0.4) is 0 Å². The minimum absolute atomic E-state index is 0.520. The first kappa shape index (κ1) is 16.0. The van der Waals surface area contributed by atoms with E-state index in [0.29, 0.717) is 5.92 Å². The zero-order valence-corrected chi connectivity index (χ0v) is 15.2. The van der Waals surface area contributed by atoms with Crippen LogP contribution in [0.2, 0.25) is 0 Å². The zero-order chi connectivity index (χ0) is 17.2. The highest BCUT2D eigenvalue weighted by molar-refractivity contribution is 8.03. The van der Waals surface area contributed by atoms with Crippen LogP contribution < -0.4 is 4.74 Å². The Morgan fingerprint density at radius 2 is 1.84 bits per heavy atom. The third kappa shape index (κ3) is 3.35. The fraction of sp³-hybridized carbons (Fsp3) is 0.130. The van der Waals surface area contributed by atoms with Gasteiger partial charge in [-0.05, 0) is 46.9 Å². The van der Waals surface area contributed by atoms with Gasteiger partial charge in [0.25, 0.3) is 0 Å². The molecule has 1 heterocycles. The largest absolute Gasteiger partial charge is 0.455 e. The summed E-state index contributed by atoms with van der Waals surface area (Å²) < 4.78 is 6.09. The van der Waals surface area contributed by atoms with E-state index in [2.05, 4.69) is 86.7 Å². The van der Waals surface area contributed by atoms with Gasteiger partial charge in [-0.15, -0.1) is 0 Å². The molecule has 0 amide bonds. The van der Waals surface area contributed by atoms with E-state index >= 15 is 0 Å². The second-order valence-electron chi connectivity index (χ2n) is 6.48. The molecular formula is C23H20OS. The van der Waals surface area contributed by atoms with Crippen LogP contribution in [0.25, 0.3) is 6.08 Å². The first-order valence-corrected chi connectivity index (χ1v) is 9.38. The lowest BCUT2D eigenvalue weighted by atomic mass is 10.0. The molecule has 2 aromatic carbocycles. The lowest BCUT2D eigenvalue weighted by molar-refractivity contribution is 0.430. The van der Waals surface area contributed by atoms with Gasteiger partial charge >= 0.3 is 0 Å². The maximum Gasteiger partial charge on any atom is 0.142 e. The maximum absolute atomic E-state index is 6.09. The Bertz CT molecular complexity index is 914. The first-order valence-electron chi connectivity index (χ1n) is 8.56. The van der Waals surface area contributed by atoms with Crippen molar-refractivity contribution < 1.29 is 4.74 Å². The van der Waals surface area contributed by atoms with Crippen molar-refractivity contribution in [2.45, 2.75) is 24.7 Å². The Hall–Kier alpha value is -2.45. The number of hydrogen-bond acceptors (Lipinski definition) is 2. The highest BCUT2D eigenvalue weighted by Crippen LogP contribution is 2.48. The van der Waals surface area contributed by atoms with E-state index in [9.17, 15) is 0 Å². The molecule has 0 unspecified atom stereocenters. The predicted octanol–water partition coefficient (Wildman–Crippen LogP) is 6.72. The molecular weight excluding hydrogens is 324 g/mol. The summed E-state index contributed by atoms with van der Waals surface area (Å²) in [5, 5.41) is 0. The molecule has 0 radical (unpaired) electrons. The second kappa shape index (κ2) is 6.81. The Morgan fingerprint density at radius 3 is 2.64 bits per heavy atom. The molecule has 1 nitrogen and oxygen atoms in total. The molecule has 2 aliphatic rings. The fourth-order valence-corrected chi connectivity index (χ4v) is 3.97. The molecule has 1 aliphatic heterocycles. The summed E-state index contributed by atoms with van der Waals surface area (Å²) >= 11 is 1.80. The van der Waals surface area contributed by atoms with Gasteiger partial charge in [-0.25, -0.2) is 0 Å². The van der Waals surface area contributed by atoms with Crippen LogP contribution in [-0.4, -0.2) is 0 Å². The van der Waals surface area contributed by atoms with Crippen molar-refractivity contribution in [3.8, 4) is 5.75 Å². The van der Waals surface area contributed by atoms with E-state index in [0.717, 1.165) is 11.5 Å². The fourth-order valence-electron chi connectivity index (χ4n) is 2.88. The molecule has 0 saturated heterocycles. The highest BCUT2D eigenvalue weighted by atomic mass is 32.2. The smallest absolute Gasteiger partial charge is 0.142 e. The molecule has 0 N–H and O–H groups in total. The van der Waals surface area contributed by atoms with E-state index < -0.39 is 0 Å². The van der Waals surface area contributed by atoms with Crippen LogP contribution in [0, 0.1) is 0 Å². The van der Waals surface area contributed by atoms with Crippen molar-refractivity contribution in [1.82, 2.24) is 0 Å². The number of rotatable bonds is 3. The molecule has 124 valence electrons. The van der Waals surface area contributed by atoms with Gasteiger partial charge < -0.3 is 4.74 Å². The predicted molar refractivity (Wildman–Crippen MR) is 107 cm³/mol. The van der Waals surface area contributed by atoms with Crippen LogP contribution in [0.5, 0.6) is 5.75 Å². The van der Waals surface area contributed by atoms with Crippen LogP contribution in [0.1, 0.15) is 30.9 Å². The summed E-state index contributed by atoms with van der Waals surface area (Å²) in [6.07, 6.45) is 10.6.